The number of halogens is 2. The number of rotatable bonds is 6. The van der Waals surface area contributed by atoms with E-state index in [1.165, 1.54) is 7.11 Å². The Morgan fingerprint density at radius 1 is 0.968 bits per heavy atom. The summed E-state index contributed by atoms with van der Waals surface area (Å²) in [5, 5.41) is 18.4. The predicted octanol–water partition coefficient (Wildman–Crippen LogP) is 5.39. The summed E-state index contributed by atoms with van der Waals surface area (Å²) in [6.07, 6.45) is 1.93. The first kappa shape index (κ1) is 24.5. The normalized spacial score (nSPS) is 10.2. The second-order valence-electron chi connectivity index (χ2n) is 6.44. The molecule has 0 atom stereocenters. The van der Waals surface area contributed by atoms with Gasteiger partial charge in [-0.3, -0.25) is 4.79 Å². The van der Waals surface area contributed by atoms with Crippen LogP contribution in [0, 0.1) is 0 Å². The van der Waals surface area contributed by atoms with Crippen LogP contribution in [0.25, 0.3) is 22.4 Å². The lowest BCUT2D eigenvalue weighted by Gasteiger charge is -2.12. The summed E-state index contributed by atoms with van der Waals surface area (Å²) in [5.74, 6) is -1.19. The zero-order valence-corrected chi connectivity index (χ0v) is 18.7. The van der Waals surface area contributed by atoms with Crippen molar-refractivity contribution in [2.75, 3.05) is 13.7 Å². The van der Waals surface area contributed by atoms with Crippen LogP contribution in [0.3, 0.4) is 0 Å². The summed E-state index contributed by atoms with van der Waals surface area (Å²) in [4.78, 5) is 21.8. The van der Waals surface area contributed by atoms with Gasteiger partial charge in [0.2, 0.25) is 0 Å². The highest BCUT2D eigenvalue weighted by atomic mass is 35.5. The number of hydrogen-bond donors (Lipinski definition) is 2. The quantitative estimate of drug-likeness (QED) is 0.478. The highest BCUT2D eigenvalue weighted by Gasteiger charge is 2.23. The molecule has 0 radical (unpaired) electrons. The average molecular weight is 464 g/mol. The van der Waals surface area contributed by atoms with Gasteiger partial charge in [0.05, 0.1) is 25.0 Å². The molecule has 0 aliphatic rings. The zero-order valence-electron chi connectivity index (χ0n) is 17.1. The highest BCUT2D eigenvalue weighted by molar-refractivity contribution is 6.31. The summed E-state index contributed by atoms with van der Waals surface area (Å²) in [5.41, 5.74) is 3.66. The maximum atomic E-state index is 12.4. The molecule has 0 aliphatic heterocycles. The number of benzene rings is 2. The number of nitrogens with zero attached hydrogens (tertiary/aromatic N) is 1. The second-order valence-corrected chi connectivity index (χ2v) is 7.31. The summed E-state index contributed by atoms with van der Waals surface area (Å²) in [7, 11) is 1.35. The molecule has 164 valence electrons. The van der Waals surface area contributed by atoms with Gasteiger partial charge in [0.15, 0.2) is 0 Å². The van der Waals surface area contributed by atoms with E-state index in [1.54, 1.807) is 37.4 Å². The third-order valence-corrected chi connectivity index (χ3v) is 4.88. The Kier molecular flexibility index (Phi) is 9.12. The van der Waals surface area contributed by atoms with E-state index in [1.807, 2.05) is 28.8 Å². The smallest absolute Gasteiger partial charge is 0.340 e. The number of aromatic nitrogens is 1. The number of aliphatic hydroxyl groups is 1. The molecule has 1 aromatic heterocycles. The van der Waals surface area contributed by atoms with Gasteiger partial charge in [0, 0.05) is 34.8 Å². The molecule has 6 nitrogen and oxygen atoms in total. The Bertz CT molecular complexity index is 1030. The van der Waals surface area contributed by atoms with E-state index >= 15 is 0 Å². The Hall–Kier alpha value is -2.80. The number of methoxy groups -OCH3 is 1. The lowest BCUT2D eigenvalue weighted by Crippen LogP contribution is -2.03. The number of ether oxygens (including phenoxy) is 1. The van der Waals surface area contributed by atoms with Crippen LogP contribution in [0.1, 0.15) is 23.7 Å². The number of hydrogen-bond acceptors (Lipinski definition) is 4. The van der Waals surface area contributed by atoms with Crippen LogP contribution in [-0.2, 0) is 16.1 Å². The molecule has 2 N–H and O–H groups in total. The van der Waals surface area contributed by atoms with Crippen LogP contribution in [0.4, 0.5) is 0 Å². The molecule has 1 heterocycles. The Labute approximate surface area is 190 Å². The highest BCUT2D eigenvalue weighted by Crippen LogP contribution is 2.38. The van der Waals surface area contributed by atoms with Gasteiger partial charge in [-0.2, -0.15) is 0 Å². The third kappa shape index (κ3) is 6.34. The van der Waals surface area contributed by atoms with E-state index in [0.717, 1.165) is 22.4 Å². The standard InChI is InChI=1S/C20H17Cl2NO3.C3H6O2/c1-26-20(25)17-12-23(10-11-24)19(14-4-8-16(22)9-5-14)18(17)13-2-6-15(21)7-3-13;1-2-3(4)5/h2-9,12,24H,10-11H2,1H3;2H2,1H3,(H,4,5). The number of carbonyl (C=O) groups excluding carboxylic acids is 1. The Balaban J connectivity index is 0.000000614. The second kappa shape index (κ2) is 11.6. The molecule has 3 rings (SSSR count). The molecule has 0 amide bonds. The van der Waals surface area contributed by atoms with Crippen molar-refractivity contribution < 1.29 is 24.5 Å². The molecule has 0 spiro atoms. The van der Waals surface area contributed by atoms with E-state index in [9.17, 15) is 14.7 Å². The fourth-order valence-electron chi connectivity index (χ4n) is 2.93. The van der Waals surface area contributed by atoms with Crippen LogP contribution in [0.15, 0.2) is 54.7 Å². The number of esters is 1. The van der Waals surface area contributed by atoms with Crippen LogP contribution in [-0.4, -0.2) is 40.4 Å². The van der Waals surface area contributed by atoms with E-state index in [2.05, 4.69) is 0 Å². The molecular weight excluding hydrogens is 441 g/mol. The van der Waals surface area contributed by atoms with Gasteiger partial charge in [-0.25, -0.2) is 4.79 Å². The molecule has 8 heteroatoms. The summed E-state index contributed by atoms with van der Waals surface area (Å²) in [6, 6.07) is 14.6. The molecule has 0 fully saturated rings. The van der Waals surface area contributed by atoms with Crippen molar-refractivity contribution >= 4 is 35.1 Å². The van der Waals surface area contributed by atoms with E-state index in [0.29, 0.717) is 22.2 Å². The van der Waals surface area contributed by atoms with Crippen molar-refractivity contribution in [1.82, 2.24) is 4.57 Å². The zero-order chi connectivity index (χ0) is 23.0. The van der Waals surface area contributed by atoms with Gasteiger partial charge in [-0.1, -0.05) is 54.4 Å². The molecule has 0 aliphatic carbocycles. The molecule has 0 bridgehead atoms. The molecule has 31 heavy (non-hydrogen) atoms. The van der Waals surface area contributed by atoms with Gasteiger partial charge >= 0.3 is 11.9 Å². The van der Waals surface area contributed by atoms with Crippen molar-refractivity contribution in [3.05, 3.63) is 70.3 Å². The fourth-order valence-corrected chi connectivity index (χ4v) is 3.18. The number of carboxylic acid groups (broad SMARTS) is 1. The summed E-state index contributed by atoms with van der Waals surface area (Å²) in [6.45, 7) is 1.88. The van der Waals surface area contributed by atoms with Gasteiger partial charge in [-0.05, 0) is 35.4 Å². The van der Waals surface area contributed by atoms with Crippen LogP contribution >= 0.6 is 23.2 Å². The first-order valence-electron chi connectivity index (χ1n) is 9.48. The number of carbonyl (C=O) groups is 2. The van der Waals surface area contributed by atoms with Crippen LogP contribution < -0.4 is 0 Å². The van der Waals surface area contributed by atoms with Crippen molar-refractivity contribution in [1.29, 1.82) is 0 Å². The Morgan fingerprint density at radius 2 is 1.45 bits per heavy atom. The lowest BCUT2D eigenvalue weighted by atomic mass is 9.98. The Morgan fingerprint density at radius 3 is 1.87 bits per heavy atom. The molecular formula is C23H23Cl2NO5. The molecule has 2 aromatic carbocycles. The fraction of sp³-hybridized carbons (Fsp3) is 0.217. The SMILES string of the molecule is CCC(=O)O.COC(=O)c1cn(CCO)c(-c2ccc(Cl)cc2)c1-c1ccc(Cl)cc1. The monoisotopic (exact) mass is 463 g/mol. The van der Waals surface area contributed by atoms with E-state index < -0.39 is 11.9 Å². The number of carboxylic acids is 1. The molecule has 0 saturated carbocycles. The van der Waals surface area contributed by atoms with Gasteiger partial charge in [0.25, 0.3) is 0 Å². The van der Waals surface area contributed by atoms with Crippen molar-refractivity contribution in [3.63, 3.8) is 0 Å². The van der Waals surface area contributed by atoms with Crippen LogP contribution in [0.5, 0.6) is 0 Å². The first-order valence-corrected chi connectivity index (χ1v) is 10.2. The lowest BCUT2D eigenvalue weighted by molar-refractivity contribution is -0.136. The van der Waals surface area contributed by atoms with Crippen molar-refractivity contribution in [2.45, 2.75) is 19.9 Å². The molecule has 0 unspecified atom stereocenters. The van der Waals surface area contributed by atoms with Crippen molar-refractivity contribution in [2.24, 2.45) is 0 Å². The molecule has 0 saturated heterocycles. The predicted molar refractivity (Wildman–Crippen MR) is 122 cm³/mol. The minimum Gasteiger partial charge on any atom is -0.481 e. The van der Waals surface area contributed by atoms with Gasteiger partial charge in [0.1, 0.15) is 0 Å². The maximum absolute atomic E-state index is 12.4. The van der Waals surface area contributed by atoms with Gasteiger partial charge < -0.3 is 19.5 Å². The molecule has 3 aromatic rings. The third-order valence-electron chi connectivity index (χ3n) is 4.38. The maximum Gasteiger partial charge on any atom is 0.340 e. The first-order chi connectivity index (χ1) is 14.8. The number of aliphatic hydroxyl groups excluding tert-OH is 1. The van der Waals surface area contributed by atoms with E-state index in [-0.39, 0.29) is 13.0 Å². The largest absolute Gasteiger partial charge is 0.481 e. The van der Waals surface area contributed by atoms with Crippen LogP contribution in [0.2, 0.25) is 10.0 Å². The average Bonchev–Trinajstić information content (AvgIpc) is 3.14. The number of aliphatic carboxylic acids is 1. The minimum absolute atomic E-state index is 0.0596. The summed E-state index contributed by atoms with van der Waals surface area (Å²) < 4.78 is 6.81. The van der Waals surface area contributed by atoms with E-state index in [4.69, 9.17) is 33.0 Å². The minimum atomic E-state index is -0.745. The van der Waals surface area contributed by atoms with Gasteiger partial charge in [-0.15, -0.1) is 0 Å². The van der Waals surface area contributed by atoms with Crippen molar-refractivity contribution in [3.8, 4) is 22.4 Å². The topological polar surface area (TPSA) is 88.8 Å². The summed E-state index contributed by atoms with van der Waals surface area (Å²) >= 11 is 12.0.